The number of aromatic amines is 1. The zero-order valence-corrected chi connectivity index (χ0v) is 11.9. The Kier molecular flexibility index (Phi) is 3.41. The minimum absolute atomic E-state index is 0.000978. The van der Waals surface area contributed by atoms with Crippen molar-refractivity contribution in [2.24, 2.45) is 5.92 Å². The van der Waals surface area contributed by atoms with Crippen LogP contribution in [0.1, 0.15) is 18.9 Å². The lowest BCUT2D eigenvalue weighted by atomic mass is 10.1. The fourth-order valence-corrected chi connectivity index (χ4v) is 3.05. The molecular formula is C16H18N2O3. The number of carboxylic acid groups (broad SMARTS) is 1. The van der Waals surface area contributed by atoms with Crippen LogP contribution in [-0.2, 0) is 16.0 Å². The highest BCUT2D eigenvalue weighted by Gasteiger charge is 2.36. The van der Waals surface area contributed by atoms with Gasteiger partial charge in [0.15, 0.2) is 0 Å². The predicted molar refractivity (Wildman–Crippen MR) is 78.9 cm³/mol. The van der Waals surface area contributed by atoms with Crippen LogP contribution in [0.3, 0.4) is 0 Å². The molecule has 1 aliphatic rings. The van der Waals surface area contributed by atoms with Gasteiger partial charge >= 0.3 is 5.97 Å². The summed E-state index contributed by atoms with van der Waals surface area (Å²) < 4.78 is 0. The molecular weight excluding hydrogens is 268 g/mol. The van der Waals surface area contributed by atoms with Crippen molar-refractivity contribution < 1.29 is 14.7 Å². The van der Waals surface area contributed by atoms with Crippen LogP contribution in [0, 0.1) is 5.92 Å². The topological polar surface area (TPSA) is 73.4 Å². The molecule has 2 heterocycles. The average molecular weight is 286 g/mol. The first-order valence-corrected chi connectivity index (χ1v) is 7.13. The van der Waals surface area contributed by atoms with Crippen LogP contribution in [0.4, 0.5) is 0 Å². The molecule has 110 valence electrons. The van der Waals surface area contributed by atoms with Gasteiger partial charge in [0, 0.05) is 36.1 Å². The van der Waals surface area contributed by atoms with Crippen molar-refractivity contribution in [1.29, 1.82) is 0 Å². The van der Waals surface area contributed by atoms with Gasteiger partial charge in [0.1, 0.15) is 0 Å². The first-order valence-electron chi connectivity index (χ1n) is 7.13. The second-order valence-corrected chi connectivity index (χ2v) is 5.70. The lowest BCUT2D eigenvalue weighted by molar-refractivity contribution is -0.141. The van der Waals surface area contributed by atoms with Crippen molar-refractivity contribution in [2.75, 3.05) is 6.54 Å². The van der Waals surface area contributed by atoms with E-state index < -0.39 is 11.9 Å². The number of benzene rings is 1. The van der Waals surface area contributed by atoms with Crippen molar-refractivity contribution in [3.05, 3.63) is 36.0 Å². The van der Waals surface area contributed by atoms with E-state index in [1.54, 1.807) is 4.90 Å². The van der Waals surface area contributed by atoms with Crippen LogP contribution in [-0.4, -0.2) is 39.5 Å². The molecule has 2 unspecified atom stereocenters. The first-order chi connectivity index (χ1) is 10.1. The first kappa shape index (κ1) is 13.7. The smallest absolute Gasteiger partial charge is 0.308 e. The van der Waals surface area contributed by atoms with Gasteiger partial charge in [-0.1, -0.05) is 18.2 Å². The van der Waals surface area contributed by atoms with Crippen LogP contribution >= 0.6 is 0 Å². The quantitative estimate of drug-likeness (QED) is 0.903. The Balaban J connectivity index is 1.76. The fraction of sp³-hybridized carbons (Fsp3) is 0.375. The molecule has 2 atom stereocenters. The molecule has 0 aliphatic carbocycles. The number of nitrogens with one attached hydrogen (secondary N) is 1. The van der Waals surface area contributed by atoms with Gasteiger partial charge in [-0.25, -0.2) is 0 Å². The predicted octanol–water partition coefficient (Wildman–Crippen LogP) is 2.03. The molecule has 1 aromatic heterocycles. The van der Waals surface area contributed by atoms with Crippen LogP contribution in [0.5, 0.6) is 0 Å². The largest absolute Gasteiger partial charge is 0.481 e. The maximum Gasteiger partial charge on any atom is 0.308 e. The molecule has 1 aromatic carbocycles. The fourth-order valence-electron chi connectivity index (χ4n) is 3.05. The molecule has 1 amide bonds. The van der Waals surface area contributed by atoms with E-state index in [-0.39, 0.29) is 18.4 Å². The molecule has 2 N–H and O–H groups in total. The third-order valence-corrected chi connectivity index (χ3v) is 4.23. The van der Waals surface area contributed by atoms with Gasteiger partial charge in [0.25, 0.3) is 0 Å². The van der Waals surface area contributed by atoms with Crippen LogP contribution in [0.15, 0.2) is 30.5 Å². The molecule has 0 bridgehead atoms. The maximum absolute atomic E-state index is 12.0. The normalized spacial score (nSPS) is 20.1. The summed E-state index contributed by atoms with van der Waals surface area (Å²) in [5.41, 5.74) is 2.24. The van der Waals surface area contributed by atoms with E-state index in [0.717, 1.165) is 22.9 Å². The number of carbonyl (C=O) groups excluding carboxylic acids is 1. The second kappa shape index (κ2) is 5.24. The number of carboxylic acids is 1. The van der Waals surface area contributed by atoms with Crippen LogP contribution in [0.25, 0.3) is 10.9 Å². The third-order valence-electron chi connectivity index (χ3n) is 4.23. The number of likely N-dealkylation sites (tertiary alicyclic amines) is 1. The van der Waals surface area contributed by atoms with E-state index in [9.17, 15) is 9.59 Å². The molecule has 3 rings (SSSR count). The summed E-state index contributed by atoms with van der Waals surface area (Å²) >= 11 is 0. The molecule has 2 aromatic rings. The van der Waals surface area contributed by atoms with Crippen LogP contribution in [0.2, 0.25) is 0 Å². The Bertz CT molecular complexity index is 692. The minimum atomic E-state index is -0.884. The Morgan fingerprint density at radius 3 is 2.95 bits per heavy atom. The van der Waals surface area contributed by atoms with E-state index in [1.165, 1.54) is 0 Å². The number of aromatic nitrogens is 1. The summed E-state index contributed by atoms with van der Waals surface area (Å²) in [6.07, 6.45) is 2.81. The van der Waals surface area contributed by atoms with Gasteiger partial charge in [-0.3, -0.25) is 9.59 Å². The zero-order chi connectivity index (χ0) is 15.0. The van der Waals surface area contributed by atoms with E-state index in [4.69, 9.17) is 5.11 Å². The summed E-state index contributed by atoms with van der Waals surface area (Å²) in [7, 11) is 0. The summed E-state index contributed by atoms with van der Waals surface area (Å²) in [6, 6.07) is 8.05. The number of hydrogen-bond acceptors (Lipinski definition) is 2. The summed E-state index contributed by atoms with van der Waals surface area (Å²) in [5.74, 6) is -1.51. The number of H-pyrrole nitrogens is 1. The van der Waals surface area contributed by atoms with E-state index >= 15 is 0 Å². The number of fused-ring (bicyclic) bond motifs is 1. The average Bonchev–Trinajstić information content (AvgIpc) is 3.03. The number of aliphatic carboxylic acids is 1. The number of para-hydroxylation sites is 1. The Labute approximate surface area is 122 Å². The number of nitrogens with zero attached hydrogens (tertiary/aromatic N) is 1. The molecule has 1 aliphatic heterocycles. The third kappa shape index (κ3) is 2.51. The monoisotopic (exact) mass is 286 g/mol. The standard InChI is InChI=1S/C16H18N2O3/c1-10(18-9-12(16(20)21)7-15(18)19)6-11-8-17-14-5-3-2-4-13(11)14/h2-5,8,10,12,17H,6-7,9H2,1H3,(H,20,21). The van der Waals surface area contributed by atoms with Crippen molar-refractivity contribution in [3.63, 3.8) is 0 Å². The van der Waals surface area contributed by atoms with Crippen molar-refractivity contribution in [2.45, 2.75) is 25.8 Å². The highest BCUT2D eigenvalue weighted by atomic mass is 16.4. The SMILES string of the molecule is CC(Cc1c[nH]c2ccccc12)N1CC(C(=O)O)CC1=O. The van der Waals surface area contributed by atoms with E-state index in [2.05, 4.69) is 11.1 Å². The number of amides is 1. The highest BCUT2D eigenvalue weighted by molar-refractivity contribution is 5.86. The molecule has 21 heavy (non-hydrogen) atoms. The number of rotatable bonds is 4. The molecule has 0 radical (unpaired) electrons. The van der Waals surface area contributed by atoms with Gasteiger partial charge in [-0.2, -0.15) is 0 Å². The second-order valence-electron chi connectivity index (χ2n) is 5.70. The molecule has 5 heteroatoms. The molecule has 0 spiro atoms. The van der Waals surface area contributed by atoms with E-state index in [0.29, 0.717) is 6.54 Å². The van der Waals surface area contributed by atoms with Crippen molar-refractivity contribution in [1.82, 2.24) is 9.88 Å². The minimum Gasteiger partial charge on any atom is -0.481 e. The maximum atomic E-state index is 12.0. The van der Waals surface area contributed by atoms with Crippen LogP contribution < -0.4 is 0 Å². The Hall–Kier alpha value is -2.30. The molecule has 1 saturated heterocycles. The summed E-state index contributed by atoms with van der Waals surface area (Å²) in [5, 5.41) is 10.2. The van der Waals surface area contributed by atoms with Gasteiger partial charge in [-0.15, -0.1) is 0 Å². The summed E-state index contributed by atoms with van der Waals surface area (Å²) in [6.45, 7) is 2.29. The van der Waals surface area contributed by atoms with E-state index in [1.807, 2.05) is 31.3 Å². The zero-order valence-electron chi connectivity index (χ0n) is 11.9. The molecule has 0 saturated carbocycles. The van der Waals surface area contributed by atoms with Gasteiger partial charge in [0.05, 0.1) is 5.92 Å². The number of hydrogen-bond donors (Lipinski definition) is 2. The lowest BCUT2D eigenvalue weighted by Crippen LogP contribution is -2.36. The molecule has 1 fully saturated rings. The summed E-state index contributed by atoms with van der Waals surface area (Å²) in [4.78, 5) is 27.9. The molecule has 5 nitrogen and oxygen atoms in total. The van der Waals surface area contributed by atoms with Gasteiger partial charge in [0.2, 0.25) is 5.91 Å². The lowest BCUT2D eigenvalue weighted by Gasteiger charge is -2.24. The Morgan fingerprint density at radius 1 is 1.48 bits per heavy atom. The van der Waals surface area contributed by atoms with Crippen molar-refractivity contribution in [3.8, 4) is 0 Å². The van der Waals surface area contributed by atoms with Gasteiger partial charge in [-0.05, 0) is 25.0 Å². The highest BCUT2D eigenvalue weighted by Crippen LogP contribution is 2.24. The van der Waals surface area contributed by atoms with Crippen molar-refractivity contribution >= 4 is 22.8 Å². The Morgan fingerprint density at radius 2 is 2.24 bits per heavy atom. The van der Waals surface area contributed by atoms with Gasteiger partial charge < -0.3 is 15.0 Å². The number of carbonyl (C=O) groups is 2.